The van der Waals surface area contributed by atoms with Crippen molar-refractivity contribution in [1.82, 2.24) is 4.81 Å². The SMILES string of the molecule is CN(C)B1CC(=P(C)(C)C)[C]N1c1ccccc1. The molecule has 0 saturated carbocycles. The summed E-state index contributed by atoms with van der Waals surface area (Å²) in [5, 5.41) is 1.50. The van der Waals surface area contributed by atoms with Gasteiger partial charge in [-0.2, -0.15) is 0 Å². The third kappa shape index (κ3) is 2.84. The van der Waals surface area contributed by atoms with Crippen LogP contribution >= 0.6 is 6.89 Å². The van der Waals surface area contributed by atoms with E-state index in [2.05, 4.69) is 80.6 Å². The average Bonchev–Trinajstić information content (AvgIpc) is 2.74. The molecule has 1 aliphatic heterocycles. The molecule has 0 amide bonds. The Morgan fingerprint density at radius 3 is 2.28 bits per heavy atom. The minimum absolute atomic E-state index is 0.404. The second-order valence-electron chi connectivity index (χ2n) is 5.92. The normalized spacial score (nSPS) is 16.9. The molecule has 2 rings (SSSR count). The largest absolute Gasteiger partial charge is 0.387 e. The van der Waals surface area contributed by atoms with Gasteiger partial charge in [0.15, 0.2) is 0 Å². The van der Waals surface area contributed by atoms with E-state index < -0.39 is 6.89 Å². The summed E-state index contributed by atoms with van der Waals surface area (Å²) < 4.78 is 0. The Morgan fingerprint density at radius 2 is 1.78 bits per heavy atom. The maximum absolute atomic E-state index is 3.64. The minimum Gasteiger partial charge on any atom is -0.387 e. The zero-order valence-electron chi connectivity index (χ0n) is 12.0. The fourth-order valence-electron chi connectivity index (χ4n) is 2.19. The summed E-state index contributed by atoms with van der Waals surface area (Å²) in [5.41, 5.74) is 1.24. The quantitative estimate of drug-likeness (QED) is 0.596. The van der Waals surface area contributed by atoms with Crippen LogP contribution in [0.2, 0.25) is 6.32 Å². The van der Waals surface area contributed by atoms with E-state index in [1.54, 1.807) is 0 Å². The summed E-state index contributed by atoms with van der Waals surface area (Å²) in [6.45, 7) is 10.2. The summed E-state index contributed by atoms with van der Waals surface area (Å²) in [7, 11) is 4.29. The molecule has 0 aliphatic carbocycles. The van der Waals surface area contributed by atoms with Crippen molar-refractivity contribution < 1.29 is 0 Å². The van der Waals surface area contributed by atoms with Gasteiger partial charge in [0.05, 0.1) is 0 Å². The van der Waals surface area contributed by atoms with Gasteiger partial charge in [-0.05, 0) is 57.8 Å². The first-order valence-electron chi connectivity index (χ1n) is 6.35. The zero-order valence-corrected chi connectivity index (χ0v) is 12.9. The second-order valence-corrected chi connectivity index (χ2v) is 10.5. The van der Waals surface area contributed by atoms with Crippen LogP contribution < -0.4 is 4.81 Å². The van der Waals surface area contributed by atoms with Gasteiger partial charge in [-0.3, -0.25) is 0 Å². The van der Waals surface area contributed by atoms with Crippen molar-refractivity contribution in [2.45, 2.75) is 6.32 Å². The topological polar surface area (TPSA) is 6.48 Å². The van der Waals surface area contributed by atoms with Gasteiger partial charge in [-0.1, -0.05) is 18.2 Å². The van der Waals surface area contributed by atoms with Crippen LogP contribution in [0.5, 0.6) is 0 Å². The van der Waals surface area contributed by atoms with Gasteiger partial charge in [0, 0.05) is 5.69 Å². The Bertz CT molecular complexity index is 456. The predicted molar refractivity (Wildman–Crippen MR) is 86.1 cm³/mol. The average molecular weight is 260 g/mol. The molecule has 1 aromatic rings. The number of rotatable bonds is 2. The summed E-state index contributed by atoms with van der Waals surface area (Å²) in [4.78, 5) is 4.57. The molecule has 0 aromatic heterocycles. The van der Waals surface area contributed by atoms with Gasteiger partial charge < -0.3 is 9.62 Å². The summed E-state index contributed by atoms with van der Waals surface area (Å²) in [5.74, 6) is 0. The van der Waals surface area contributed by atoms with Crippen LogP contribution in [-0.2, 0) is 0 Å². The van der Waals surface area contributed by atoms with Gasteiger partial charge in [0.1, 0.15) is 6.54 Å². The third-order valence-electron chi connectivity index (χ3n) is 3.36. The van der Waals surface area contributed by atoms with Gasteiger partial charge in [-0.25, -0.2) is 0 Å². The summed E-state index contributed by atoms with van der Waals surface area (Å²) in [6.07, 6.45) is 1.11. The number of hydrogen-bond donors (Lipinski definition) is 0. The third-order valence-corrected chi connectivity index (χ3v) is 5.27. The van der Waals surface area contributed by atoms with Crippen molar-refractivity contribution >= 4 is 24.8 Å². The lowest BCUT2D eigenvalue weighted by molar-refractivity contribution is 0.639. The molecule has 1 aromatic carbocycles. The van der Waals surface area contributed by atoms with Crippen molar-refractivity contribution in [3.05, 3.63) is 36.9 Å². The van der Waals surface area contributed by atoms with E-state index in [0.29, 0.717) is 6.98 Å². The van der Waals surface area contributed by atoms with E-state index in [1.807, 2.05) is 0 Å². The highest BCUT2D eigenvalue weighted by Gasteiger charge is 2.37. The van der Waals surface area contributed by atoms with Crippen LogP contribution in [0.25, 0.3) is 0 Å². The zero-order chi connectivity index (χ0) is 13.3. The predicted octanol–water partition coefficient (Wildman–Crippen LogP) is 2.67. The fraction of sp³-hybridized carbons (Fsp3) is 0.429. The molecule has 1 heterocycles. The van der Waals surface area contributed by atoms with E-state index >= 15 is 0 Å². The molecule has 1 fully saturated rings. The molecule has 0 unspecified atom stereocenters. The van der Waals surface area contributed by atoms with Crippen LogP contribution in [0, 0.1) is 6.54 Å². The van der Waals surface area contributed by atoms with Crippen LogP contribution in [0.3, 0.4) is 0 Å². The number of para-hydroxylation sites is 1. The van der Waals surface area contributed by atoms with Crippen LogP contribution in [0.1, 0.15) is 0 Å². The molecule has 2 radical (unpaired) electrons. The Labute approximate surface area is 112 Å². The molecule has 0 atom stereocenters. The molecule has 0 spiro atoms. The Balaban J connectivity index is 2.35. The minimum atomic E-state index is -0.961. The molecule has 0 bridgehead atoms. The van der Waals surface area contributed by atoms with Gasteiger partial charge in [-0.15, -0.1) is 6.89 Å². The smallest absolute Gasteiger partial charge is 0.347 e. The molecule has 1 aliphatic rings. The van der Waals surface area contributed by atoms with Crippen LogP contribution in [0.15, 0.2) is 30.3 Å². The number of hydrogen-bond acceptors (Lipinski definition) is 2. The fourth-order valence-corrected chi connectivity index (χ4v) is 3.30. The van der Waals surface area contributed by atoms with Gasteiger partial charge >= 0.3 is 6.98 Å². The van der Waals surface area contributed by atoms with Crippen molar-refractivity contribution in [2.24, 2.45) is 0 Å². The van der Waals surface area contributed by atoms with Gasteiger partial charge in [0.25, 0.3) is 0 Å². The summed E-state index contributed by atoms with van der Waals surface area (Å²) >= 11 is 0. The van der Waals surface area contributed by atoms with E-state index in [-0.39, 0.29) is 0 Å². The maximum atomic E-state index is 3.64. The lowest BCUT2D eigenvalue weighted by Crippen LogP contribution is -2.44. The molecule has 2 nitrogen and oxygen atoms in total. The van der Waals surface area contributed by atoms with E-state index in [1.165, 1.54) is 11.0 Å². The van der Waals surface area contributed by atoms with E-state index in [0.717, 1.165) is 6.32 Å². The molecule has 1 saturated heterocycles. The van der Waals surface area contributed by atoms with Crippen molar-refractivity contribution in [3.63, 3.8) is 0 Å². The van der Waals surface area contributed by atoms with Crippen molar-refractivity contribution in [1.29, 1.82) is 0 Å². The van der Waals surface area contributed by atoms with Crippen molar-refractivity contribution in [3.8, 4) is 0 Å². The lowest BCUT2D eigenvalue weighted by Gasteiger charge is -2.27. The molecule has 0 N–H and O–H groups in total. The standard InChI is InChI=1S/C14H22BN2P/c1-16(2)15-11-14(18(3,4)5)12-17(15)13-9-7-6-8-10-13/h6-10H,11H2,1-5H3. The molecule has 18 heavy (non-hydrogen) atoms. The summed E-state index contributed by atoms with van der Waals surface area (Å²) in [6, 6.07) is 10.6. The monoisotopic (exact) mass is 260 g/mol. The number of benzene rings is 1. The first kappa shape index (κ1) is 13.8. The van der Waals surface area contributed by atoms with Gasteiger partial charge in [0.2, 0.25) is 0 Å². The molecular weight excluding hydrogens is 238 g/mol. The second kappa shape index (κ2) is 5.15. The Hall–Kier alpha value is -0.655. The maximum Gasteiger partial charge on any atom is 0.347 e. The first-order valence-corrected chi connectivity index (χ1v) is 9.48. The van der Waals surface area contributed by atoms with Crippen LogP contribution in [-0.4, -0.2) is 51.2 Å². The Morgan fingerprint density at radius 1 is 1.17 bits per heavy atom. The highest BCUT2D eigenvalue weighted by atomic mass is 31.2. The lowest BCUT2D eigenvalue weighted by atomic mass is 9.71. The van der Waals surface area contributed by atoms with E-state index in [4.69, 9.17) is 0 Å². The van der Waals surface area contributed by atoms with E-state index in [9.17, 15) is 0 Å². The number of nitrogens with zero attached hydrogens (tertiary/aromatic N) is 2. The molecule has 4 heteroatoms. The molecular formula is C14H22BN2P. The van der Waals surface area contributed by atoms with Crippen LogP contribution in [0.4, 0.5) is 5.69 Å². The molecule has 96 valence electrons. The first-order chi connectivity index (χ1) is 8.39. The highest BCUT2D eigenvalue weighted by molar-refractivity contribution is 7.74. The highest BCUT2D eigenvalue weighted by Crippen LogP contribution is 2.42. The number of anilines is 1. The van der Waals surface area contributed by atoms with Crippen molar-refractivity contribution in [2.75, 3.05) is 38.9 Å². The Kier molecular flexibility index (Phi) is 3.94.